The number of ether oxygens (including phenoxy) is 1. The Kier molecular flexibility index (Phi) is 5.12. The number of benzene rings is 2. The van der Waals surface area contributed by atoms with E-state index in [2.05, 4.69) is 85.1 Å². The van der Waals surface area contributed by atoms with Crippen LogP contribution in [0.4, 0.5) is 11.5 Å². The zero-order valence-corrected chi connectivity index (χ0v) is 22.3. The molecule has 0 atom stereocenters. The number of aryl methyl sites for hydroxylation is 2. The molecule has 2 aromatic heterocycles. The summed E-state index contributed by atoms with van der Waals surface area (Å²) in [5.74, 6) is 2.48. The fourth-order valence-electron chi connectivity index (χ4n) is 6.34. The van der Waals surface area contributed by atoms with Gasteiger partial charge in [-0.1, -0.05) is 38.1 Å². The highest BCUT2D eigenvalue weighted by Gasteiger charge is 2.50. The first kappa shape index (κ1) is 22.8. The maximum Gasteiger partial charge on any atom is 0.162 e. The standard InChI is InChI=1S/C31H35N5O/c1-19(2)22-9-8-20(3)27(12-22)35-11-10-25-24(14-35)30(36-15-31(16-36)17-37-18-31)34-29(33-25)23-6-5-7-26-28(23)21(4)13-32-26/h5-9,12-13,19,32H,10-11,14-18H2,1-4H3. The summed E-state index contributed by atoms with van der Waals surface area (Å²) in [6.07, 6.45) is 3.00. The van der Waals surface area contributed by atoms with Crippen LogP contribution >= 0.6 is 0 Å². The van der Waals surface area contributed by atoms with Gasteiger partial charge in [-0.3, -0.25) is 0 Å². The molecule has 3 aliphatic rings. The van der Waals surface area contributed by atoms with Crippen LogP contribution in [0.3, 0.4) is 0 Å². The van der Waals surface area contributed by atoms with Crippen LogP contribution in [0.15, 0.2) is 42.6 Å². The van der Waals surface area contributed by atoms with Gasteiger partial charge in [0.1, 0.15) is 5.82 Å². The van der Waals surface area contributed by atoms with Crippen LogP contribution in [0.25, 0.3) is 22.3 Å². The van der Waals surface area contributed by atoms with Crippen molar-refractivity contribution in [2.75, 3.05) is 42.6 Å². The zero-order chi connectivity index (χ0) is 25.3. The lowest BCUT2D eigenvalue weighted by Gasteiger charge is -2.56. The molecule has 0 bridgehead atoms. The number of hydrogen-bond donors (Lipinski definition) is 1. The van der Waals surface area contributed by atoms with Gasteiger partial charge >= 0.3 is 0 Å². The van der Waals surface area contributed by atoms with E-state index >= 15 is 0 Å². The molecule has 7 rings (SSSR count). The van der Waals surface area contributed by atoms with E-state index < -0.39 is 0 Å². The Bertz CT molecular complexity index is 1510. The van der Waals surface area contributed by atoms with E-state index in [1.54, 1.807) is 0 Å². The van der Waals surface area contributed by atoms with E-state index in [0.717, 1.165) is 68.5 Å². The maximum absolute atomic E-state index is 5.57. The van der Waals surface area contributed by atoms with Crippen molar-refractivity contribution in [2.45, 2.75) is 46.6 Å². The summed E-state index contributed by atoms with van der Waals surface area (Å²) < 4.78 is 5.57. The second-order valence-electron chi connectivity index (χ2n) is 11.7. The van der Waals surface area contributed by atoms with Gasteiger partial charge < -0.3 is 19.5 Å². The fraction of sp³-hybridized carbons (Fsp3) is 0.419. The first-order valence-electron chi connectivity index (χ1n) is 13.6. The number of aromatic amines is 1. The molecule has 5 heterocycles. The van der Waals surface area contributed by atoms with Gasteiger partial charge in [0.15, 0.2) is 5.82 Å². The lowest BCUT2D eigenvalue weighted by molar-refractivity contribution is -0.127. The van der Waals surface area contributed by atoms with Gasteiger partial charge in [-0.15, -0.1) is 0 Å². The van der Waals surface area contributed by atoms with E-state index in [9.17, 15) is 0 Å². The molecule has 0 radical (unpaired) electrons. The van der Waals surface area contributed by atoms with Gasteiger partial charge in [-0.25, -0.2) is 9.97 Å². The molecule has 6 nitrogen and oxygen atoms in total. The van der Waals surface area contributed by atoms with E-state index in [-0.39, 0.29) is 0 Å². The molecule has 2 fully saturated rings. The molecule has 0 unspecified atom stereocenters. The van der Waals surface area contributed by atoms with Gasteiger partial charge in [-0.05, 0) is 48.6 Å². The van der Waals surface area contributed by atoms with Crippen molar-refractivity contribution in [2.24, 2.45) is 5.41 Å². The number of fused-ring (bicyclic) bond motifs is 2. The second kappa shape index (κ2) is 8.32. The Morgan fingerprint density at radius 1 is 1.00 bits per heavy atom. The van der Waals surface area contributed by atoms with Crippen LogP contribution in [0.1, 0.15) is 47.7 Å². The number of nitrogens with zero attached hydrogens (tertiary/aromatic N) is 4. The third-order valence-electron chi connectivity index (χ3n) is 8.59. The summed E-state index contributed by atoms with van der Waals surface area (Å²) in [6, 6.07) is 13.3. The highest BCUT2D eigenvalue weighted by atomic mass is 16.5. The van der Waals surface area contributed by atoms with Crippen molar-refractivity contribution in [1.82, 2.24) is 15.0 Å². The van der Waals surface area contributed by atoms with Crippen LogP contribution in [0.2, 0.25) is 0 Å². The molecule has 1 spiro atoms. The summed E-state index contributed by atoms with van der Waals surface area (Å²) >= 11 is 0. The number of nitrogens with one attached hydrogen (secondary N) is 1. The Balaban J connectivity index is 1.32. The van der Waals surface area contributed by atoms with Gasteiger partial charge in [0, 0.05) is 66.5 Å². The Labute approximate surface area is 218 Å². The third kappa shape index (κ3) is 3.64. The molecule has 0 amide bonds. The maximum atomic E-state index is 5.57. The quantitative estimate of drug-likeness (QED) is 0.391. The Morgan fingerprint density at radius 3 is 2.59 bits per heavy atom. The lowest BCUT2D eigenvalue weighted by atomic mass is 9.78. The normalized spacial score (nSPS) is 18.3. The highest BCUT2D eigenvalue weighted by molar-refractivity contribution is 5.96. The zero-order valence-electron chi connectivity index (χ0n) is 22.3. The molecule has 0 aliphatic carbocycles. The molecule has 1 N–H and O–H groups in total. The van der Waals surface area contributed by atoms with Crippen LogP contribution in [-0.2, 0) is 17.7 Å². The molecule has 190 valence electrons. The first-order valence-corrected chi connectivity index (χ1v) is 13.6. The highest BCUT2D eigenvalue weighted by Crippen LogP contribution is 2.43. The lowest BCUT2D eigenvalue weighted by Crippen LogP contribution is -2.66. The van der Waals surface area contributed by atoms with E-state index in [1.165, 1.54) is 39.0 Å². The van der Waals surface area contributed by atoms with E-state index in [0.29, 0.717) is 11.3 Å². The number of rotatable bonds is 4. The average molecular weight is 494 g/mol. The van der Waals surface area contributed by atoms with Crippen molar-refractivity contribution >= 4 is 22.4 Å². The average Bonchev–Trinajstić information content (AvgIpc) is 3.23. The minimum absolute atomic E-state index is 0.325. The van der Waals surface area contributed by atoms with Crippen LogP contribution < -0.4 is 9.80 Å². The number of H-pyrrole nitrogens is 1. The molecule has 3 aliphatic heterocycles. The number of anilines is 2. The molecule has 37 heavy (non-hydrogen) atoms. The van der Waals surface area contributed by atoms with Crippen molar-refractivity contribution in [3.05, 3.63) is 70.5 Å². The predicted molar refractivity (Wildman–Crippen MR) is 150 cm³/mol. The number of hydrogen-bond acceptors (Lipinski definition) is 5. The predicted octanol–water partition coefficient (Wildman–Crippen LogP) is 5.76. The van der Waals surface area contributed by atoms with Crippen molar-refractivity contribution in [3.63, 3.8) is 0 Å². The van der Waals surface area contributed by atoms with E-state index in [1.807, 2.05) is 0 Å². The minimum atomic E-state index is 0.325. The Morgan fingerprint density at radius 2 is 1.84 bits per heavy atom. The van der Waals surface area contributed by atoms with Crippen LogP contribution in [0.5, 0.6) is 0 Å². The summed E-state index contributed by atoms with van der Waals surface area (Å²) in [5.41, 5.74) is 10.4. The fourth-order valence-corrected chi connectivity index (χ4v) is 6.34. The first-order chi connectivity index (χ1) is 17.9. The van der Waals surface area contributed by atoms with Crippen LogP contribution in [0, 0.1) is 19.3 Å². The molecule has 6 heteroatoms. The van der Waals surface area contributed by atoms with Crippen LogP contribution in [-0.4, -0.2) is 47.8 Å². The molecule has 2 saturated heterocycles. The molecule has 0 saturated carbocycles. The molecule has 4 aromatic rings. The molecular formula is C31H35N5O. The van der Waals surface area contributed by atoms with Gasteiger partial charge in [0.25, 0.3) is 0 Å². The molecule has 2 aromatic carbocycles. The molecular weight excluding hydrogens is 458 g/mol. The van der Waals surface area contributed by atoms with Crippen molar-refractivity contribution in [1.29, 1.82) is 0 Å². The second-order valence-corrected chi connectivity index (χ2v) is 11.7. The van der Waals surface area contributed by atoms with Gasteiger partial charge in [0.05, 0.1) is 24.3 Å². The van der Waals surface area contributed by atoms with Gasteiger partial charge in [-0.2, -0.15) is 0 Å². The monoisotopic (exact) mass is 493 g/mol. The smallest absolute Gasteiger partial charge is 0.162 e. The SMILES string of the molecule is Cc1ccc(C(C)C)cc1N1CCc2nc(-c3cccc4[nH]cc(C)c34)nc(N3CC4(COC4)C3)c2C1. The van der Waals surface area contributed by atoms with Crippen molar-refractivity contribution in [3.8, 4) is 11.4 Å². The minimum Gasteiger partial charge on any atom is -0.380 e. The summed E-state index contributed by atoms with van der Waals surface area (Å²) in [5, 5.41) is 1.22. The van der Waals surface area contributed by atoms with Crippen molar-refractivity contribution < 1.29 is 4.74 Å². The summed E-state index contributed by atoms with van der Waals surface area (Å²) in [6.45, 7) is 14.5. The third-order valence-corrected chi connectivity index (χ3v) is 8.59. The summed E-state index contributed by atoms with van der Waals surface area (Å²) in [4.78, 5) is 18.9. The Hall–Kier alpha value is -3.38. The summed E-state index contributed by atoms with van der Waals surface area (Å²) in [7, 11) is 0. The number of aromatic nitrogens is 3. The van der Waals surface area contributed by atoms with E-state index in [4.69, 9.17) is 14.7 Å². The van der Waals surface area contributed by atoms with Gasteiger partial charge in [0.2, 0.25) is 0 Å². The topological polar surface area (TPSA) is 57.3 Å². The largest absolute Gasteiger partial charge is 0.380 e.